The highest BCUT2D eigenvalue weighted by molar-refractivity contribution is 6.02. The number of methoxy groups -OCH3 is 1. The molecule has 0 unspecified atom stereocenters. The minimum absolute atomic E-state index is 0.237. The minimum atomic E-state index is -0.237. The van der Waals surface area contributed by atoms with E-state index in [9.17, 15) is 4.79 Å². The Hall–Kier alpha value is -3.87. The van der Waals surface area contributed by atoms with E-state index in [1.54, 1.807) is 54.5 Å². The molecule has 28 heavy (non-hydrogen) atoms. The van der Waals surface area contributed by atoms with Crippen molar-refractivity contribution >= 4 is 17.7 Å². The number of benzene rings is 2. The molecule has 0 aliphatic heterocycles. The molecule has 7 heteroatoms. The maximum Gasteiger partial charge on any atom is 0.248 e. The van der Waals surface area contributed by atoms with Gasteiger partial charge in [0.25, 0.3) is 0 Å². The predicted octanol–water partition coefficient (Wildman–Crippen LogP) is 3.49. The Morgan fingerprint density at radius 2 is 2.04 bits per heavy atom. The number of anilines is 1. The SMILES string of the molecule is C=CCOc1ccc(/C=C/C(=O)Nc2ccc(-n3cncn3)cc2)cc1OC. The van der Waals surface area contributed by atoms with E-state index >= 15 is 0 Å². The third-order valence-corrected chi connectivity index (χ3v) is 3.79. The summed E-state index contributed by atoms with van der Waals surface area (Å²) in [7, 11) is 1.57. The number of aromatic nitrogens is 3. The lowest BCUT2D eigenvalue weighted by atomic mass is 10.2. The molecule has 0 saturated carbocycles. The lowest BCUT2D eigenvalue weighted by molar-refractivity contribution is -0.111. The maximum atomic E-state index is 12.2. The Kier molecular flexibility index (Phi) is 6.20. The van der Waals surface area contributed by atoms with E-state index in [-0.39, 0.29) is 5.91 Å². The average Bonchev–Trinajstić information content (AvgIpc) is 3.26. The molecule has 3 rings (SSSR count). The van der Waals surface area contributed by atoms with Crippen LogP contribution < -0.4 is 14.8 Å². The minimum Gasteiger partial charge on any atom is -0.493 e. The van der Waals surface area contributed by atoms with Crippen LogP contribution in [0.4, 0.5) is 5.69 Å². The summed E-state index contributed by atoms with van der Waals surface area (Å²) in [6.45, 7) is 4.01. The second kappa shape index (κ2) is 9.18. The van der Waals surface area contributed by atoms with Crippen molar-refractivity contribution in [1.82, 2.24) is 14.8 Å². The number of rotatable bonds is 8. The van der Waals surface area contributed by atoms with Crippen molar-refractivity contribution in [2.75, 3.05) is 19.0 Å². The summed E-state index contributed by atoms with van der Waals surface area (Å²) in [6.07, 6.45) is 7.91. The highest BCUT2D eigenvalue weighted by atomic mass is 16.5. The van der Waals surface area contributed by atoms with Crippen LogP contribution >= 0.6 is 0 Å². The van der Waals surface area contributed by atoms with E-state index in [1.807, 2.05) is 18.2 Å². The first-order valence-electron chi connectivity index (χ1n) is 8.55. The molecule has 0 bridgehead atoms. The van der Waals surface area contributed by atoms with Gasteiger partial charge in [-0.05, 0) is 48.0 Å². The van der Waals surface area contributed by atoms with E-state index < -0.39 is 0 Å². The van der Waals surface area contributed by atoms with Crippen molar-refractivity contribution in [3.63, 3.8) is 0 Å². The van der Waals surface area contributed by atoms with Gasteiger partial charge in [-0.15, -0.1) is 0 Å². The zero-order valence-electron chi connectivity index (χ0n) is 15.4. The van der Waals surface area contributed by atoms with Crippen molar-refractivity contribution in [3.05, 3.63) is 79.4 Å². The summed E-state index contributed by atoms with van der Waals surface area (Å²) in [4.78, 5) is 16.1. The first kappa shape index (κ1) is 18.9. The molecule has 1 heterocycles. The van der Waals surface area contributed by atoms with E-state index in [1.165, 1.54) is 12.4 Å². The number of nitrogens with zero attached hydrogens (tertiary/aromatic N) is 3. The fourth-order valence-electron chi connectivity index (χ4n) is 2.45. The Labute approximate surface area is 162 Å². The molecule has 0 fully saturated rings. The molecular weight excluding hydrogens is 356 g/mol. The lowest BCUT2D eigenvalue weighted by Crippen LogP contribution is -2.07. The first-order valence-corrected chi connectivity index (χ1v) is 8.55. The Morgan fingerprint density at radius 1 is 1.21 bits per heavy atom. The smallest absolute Gasteiger partial charge is 0.248 e. The standard InChI is InChI=1S/C21H20N4O3/c1-3-12-28-19-10-4-16(13-20(19)27-2)5-11-21(26)24-17-6-8-18(9-7-17)25-15-22-14-23-25/h3-11,13-15H,1,12H2,2H3,(H,24,26)/b11-5+. The van der Waals surface area contributed by atoms with Crippen molar-refractivity contribution in [2.24, 2.45) is 0 Å². The third kappa shape index (κ3) is 4.85. The molecule has 0 radical (unpaired) electrons. The number of amides is 1. The number of nitrogens with one attached hydrogen (secondary N) is 1. The molecule has 142 valence electrons. The van der Waals surface area contributed by atoms with Gasteiger partial charge in [-0.25, -0.2) is 9.67 Å². The molecule has 1 N–H and O–H groups in total. The maximum absolute atomic E-state index is 12.2. The summed E-state index contributed by atoms with van der Waals surface area (Å²) < 4.78 is 12.5. The molecule has 7 nitrogen and oxygen atoms in total. The van der Waals surface area contributed by atoms with Crippen LogP contribution in [-0.2, 0) is 4.79 Å². The van der Waals surface area contributed by atoms with Gasteiger partial charge in [-0.1, -0.05) is 18.7 Å². The molecule has 0 aliphatic rings. The van der Waals surface area contributed by atoms with Gasteiger partial charge in [0, 0.05) is 11.8 Å². The van der Waals surface area contributed by atoms with E-state index in [0.717, 1.165) is 11.3 Å². The van der Waals surface area contributed by atoms with Gasteiger partial charge in [-0.3, -0.25) is 4.79 Å². The van der Waals surface area contributed by atoms with Crippen LogP contribution in [0.25, 0.3) is 11.8 Å². The Morgan fingerprint density at radius 3 is 2.71 bits per heavy atom. The summed E-state index contributed by atoms with van der Waals surface area (Å²) in [5.74, 6) is 0.976. The summed E-state index contributed by atoms with van der Waals surface area (Å²) in [6, 6.07) is 12.7. The van der Waals surface area contributed by atoms with Crippen molar-refractivity contribution in [3.8, 4) is 17.2 Å². The normalized spacial score (nSPS) is 10.6. The van der Waals surface area contributed by atoms with Crippen molar-refractivity contribution < 1.29 is 14.3 Å². The van der Waals surface area contributed by atoms with Crippen LogP contribution in [-0.4, -0.2) is 34.4 Å². The van der Waals surface area contributed by atoms with Gasteiger partial charge in [0.15, 0.2) is 11.5 Å². The predicted molar refractivity (Wildman–Crippen MR) is 108 cm³/mol. The molecule has 0 atom stereocenters. The van der Waals surface area contributed by atoms with Crippen LogP contribution in [0.15, 0.2) is 73.9 Å². The zero-order chi connectivity index (χ0) is 19.8. The molecule has 3 aromatic rings. The summed E-state index contributed by atoms with van der Waals surface area (Å²) >= 11 is 0. The van der Waals surface area contributed by atoms with Crippen LogP contribution in [0.1, 0.15) is 5.56 Å². The second-order valence-electron chi connectivity index (χ2n) is 5.72. The van der Waals surface area contributed by atoms with E-state index in [4.69, 9.17) is 9.47 Å². The zero-order valence-corrected chi connectivity index (χ0v) is 15.4. The molecule has 0 spiro atoms. The van der Waals surface area contributed by atoms with Gasteiger partial charge in [0.05, 0.1) is 12.8 Å². The van der Waals surface area contributed by atoms with Gasteiger partial charge in [-0.2, -0.15) is 5.10 Å². The second-order valence-corrected chi connectivity index (χ2v) is 5.72. The molecule has 0 aliphatic carbocycles. The van der Waals surface area contributed by atoms with Gasteiger partial charge in [0.2, 0.25) is 5.91 Å². The number of hydrogen-bond acceptors (Lipinski definition) is 5. The number of ether oxygens (including phenoxy) is 2. The molecule has 2 aromatic carbocycles. The molecule has 0 saturated heterocycles. The van der Waals surface area contributed by atoms with Crippen molar-refractivity contribution in [2.45, 2.75) is 0 Å². The van der Waals surface area contributed by atoms with Crippen LogP contribution in [0.5, 0.6) is 11.5 Å². The largest absolute Gasteiger partial charge is 0.493 e. The number of carbonyl (C=O) groups excluding carboxylic acids is 1. The van der Waals surface area contributed by atoms with Crippen LogP contribution in [0, 0.1) is 0 Å². The highest BCUT2D eigenvalue weighted by Gasteiger charge is 2.05. The fraction of sp³-hybridized carbons (Fsp3) is 0.0952. The monoisotopic (exact) mass is 376 g/mol. The van der Waals surface area contributed by atoms with Crippen LogP contribution in [0.2, 0.25) is 0 Å². The number of hydrogen-bond donors (Lipinski definition) is 1. The highest BCUT2D eigenvalue weighted by Crippen LogP contribution is 2.28. The molecule has 1 amide bonds. The molecule has 1 aromatic heterocycles. The quantitative estimate of drug-likeness (QED) is 0.481. The summed E-state index contributed by atoms with van der Waals surface area (Å²) in [5.41, 5.74) is 2.36. The Balaban J connectivity index is 1.62. The van der Waals surface area contributed by atoms with Crippen LogP contribution in [0.3, 0.4) is 0 Å². The summed E-state index contributed by atoms with van der Waals surface area (Å²) in [5, 5.41) is 6.87. The number of carbonyl (C=O) groups is 1. The van der Waals surface area contributed by atoms with E-state index in [2.05, 4.69) is 22.0 Å². The van der Waals surface area contributed by atoms with E-state index in [0.29, 0.717) is 23.8 Å². The third-order valence-electron chi connectivity index (χ3n) is 3.79. The molecular formula is C21H20N4O3. The fourth-order valence-corrected chi connectivity index (χ4v) is 2.45. The van der Waals surface area contributed by atoms with Gasteiger partial charge in [0.1, 0.15) is 19.3 Å². The average molecular weight is 376 g/mol. The van der Waals surface area contributed by atoms with Gasteiger partial charge < -0.3 is 14.8 Å². The Bertz CT molecular complexity index is 964. The topological polar surface area (TPSA) is 78.3 Å². The first-order chi connectivity index (χ1) is 13.7. The lowest BCUT2D eigenvalue weighted by Gasteiger charge is -2.09. The van der Waals surface area contributed by atoms with Crippen molar-refractivity contribution in [1.29, 1.82) is 0 Å². The van der Waals surface area contributed by atoms with Gasteiger partial charge >= 0.3 is 0 Å².